The first kappa shape index (κ1) is 15.9. The van der Waals surface area contributed by atoms with Crippen molar-refractivity contribution in [3.8, 4) is 0 Å². The summed E-state index contributed by atoms with van der Waals surface area (Å²) in [7, 11) is 0. The molecule has 22 heavy (non-hydrogen) atoms. The van der Waals surface area contributed by atoms with Crippen LogP contribution in [0, 0.1) is 28.6 Å². The number of hydrogen-bond donors (Lipinski definition) is 0. The molecule has 0 aliphatic heterocycles. The zero-order chi connectivity index (χ0) is 15.7. The fourth-order valence-electron chi connectivity index (χ4n) is 6.07. The summed E-state index contributed by atoms with van der Waals surface area (Å²) in [6.07, 6.45) is 11.5. The third kappa shape index (κ3) is 2.03. The van der Waals surface area contributed by atoms with Crippen LogP contribution < -0.4 is 0 Å². The Morgan fingerprint density at radius 1 is 1.23 bits per heavy atom. The summed E-state index contributed by atoms with van der Waals surface area (Å²) in [6.45, 7) is 4.95. The molecule has 0 aromatic rings. The van der Waals surface area contributed by atoms with Gasteiger partial charge in [-0.25, -0.2) is 0 Å². The summed E-state index contributed by atoms with van der Waals surface area (Å²) in [4.78, 5) is 12.3. The molecule has 0 bridgehead atoms. The van der Waals surface area contributed by atoms with Crippen molar-refractivity contribution >= 4 is 44.3 Å². The van der Waals surface area contributed by atoms with E-state index in [1.54, 1.807) is 3.58 Å². The largest absolute Gasteiger partial charge is 0.295 e. The molecule has 0 amide bonds. The van der Waals surface area contributed by atoms with E-state index in [2.05, 4.69) is 58.4 Å². The van der Waals surface area contributed by atoms with Gasteiger partial charge in [-0.15, -0.1) is 0 Å². The second-order valence-corrected chi connectivity index (χ2v) is 10.6. The van der Waals surface area contributed by atoms with E-state index in [0.717, 1.165) is 30.6 Å². The summed E-state index contributed by atoms with van der Waals surface area (Å²) >= 11 is 6.53. The summed E-state index contributed by atoms with van der Waals surface area (Å²) in [5.41, 5.74) is 2.09. The molecule has 0 aromatic carbocycles. The van der Waals surface area contributed by atoms with Gasteiger partial charge in [-0.05, 0) is 93.1 Å². The molecule has 0 N–H and O–H groups in total. The maximum absolute atomic E-state index is 11.9. The number of rotatable bonds is 0. The highest BCUT2D eigenvalue weighted by Crippen LogP contribution is 2.66. The molecule has 0 radical (unpaired) electrons. The maximum atomic E-state index is 11.9. The minimum atomic E-state index is 0.250. The van der Waals surface area contributed by atoms with Crippen LogP contribution in [-0.4, -0.2) is 10.6 Å². The molecule has 2 saturated carbocycles. The van der Waals surface area contributed by atoms with Crippen LogP contribution in [0.5, 0.6) is 0 Å². The number of halogens is 2. The molecule has 2 fully saturated rings. The van der Waals surface area contributed by atoms with Crippen LogP contribution in [0.15, 0.2) is 21.3 Å². The van der Waals surface area contributed by atoms with Crippen molar-refractivity contribution in [1.29, 1.82) is 0 Å². The quantitative estimate of drug-likeness (QED) is 0.319. The van der Waals surface area contributed by atoms with Crippen LogP contribution in [-0.2, 0) is 4.79 Å². The minimum absolute atomic E-state index is 0.250. The van der Waals surface area contributed by atoms with Gasteiger partial charge >= 0.3 is 0 Å². The van der Waals surface area contributed by atoms with E-state index >= 15 is 0 Å². The van der Waals surface area contributed by atoms with Gasteiger partial charge in [-0.1, -0.05) is 35.9 Å². The number of hydrogen-bond acceptors (Lipinski definition) is 1. The minimum Gasteiger partial charge on any atom is -0.295 e. The van der Waals surface area contributed by atoms with E-state index in [-0.39, 0.29) is 5.41 Å². The predicted octanol–water partition coefficient (Wildman–Crippen LogP) is 5.82. The Balaban J connectivity index is 1.73. The van der Waals surface area contributed by atoms with Gasteiger partial charge in [0, 0.05) is 16.7 Å². The molecule has 120 valence electrons. The molecule has 1 unspecified atom stereocenters. The second kappa shape index (κ2) is 5.18. The summed E-state index contributed by atoms with van der Waals surface area (Å²) in [5.74, 6) is 2.73. The number of carbonyl (C=O) groups is 1. The number of carbonyl (C=O) groups excluding carboxylic acids is 1. The number of alkyl halides is 1. The fourth-order valence-corrected chi connectivity index (χ4v) is 8.08. The smallest absolute Gasteiger partial charge is 0.155 e. The van der Waals surface area contributed by atoms with E-state index < -0.39 is 0 Å². The van der Waals surface area contributed by atoms with Crippen molar-refractivity contribution < 1.29 is 4.79 Å². The van der Waals surface area contributed by atoms with Crippen molar-refractivity contribution in [2.45, 2.75) is 57.2 Å². The first-order valence-corrected chi connectivity index (χ1v) is 10.6. The zero-order valence-corrected chi connectivity index (χ0v) is 17.1. The molecular weight excluding hydrogens is 451 g/mol. The Hall–Kier alpha value is 0.360. The average molecular weight is 475 g/mol. The first-order chi connectivity index (χ1) is 10.4. The number of ketones is 1. The third-order valence-electron chi connectivity index (χ3n) is 7.42. The zero-order valence-electron chi connectivity index (χ0n) is 13.4. The number of fused-ring (bicyclic) bond motifs is 5. The topological polar surface area (TPSA) is 17.1 Å². The highest BCUT2D eigenvalue weighted by Gasteiger charge is 2.58. The summed E-state index contributed by atoms with van der Waals surface area (Å²) < 4.78 is 1.60. The number of allylic oxidation sites excluding steroid dienone is 4. The second-order valence-electron chi connectivity index (χ2n) is 8.31. The Labute approximate surface area is 155 Å². The fraction of sp³-hybridized carbons (Fsp3) is 0.737. The summed E-state index contributed by atoms with van der Waals surface area (Å²) in [6, 6.07) is 0. The maximum Gasteiger partial charge on any atom is 0.155 e. The van der Waals surface area contributed by atoms with Crippen LogP contribution in [0.2, 0.25) is 0 Å². The lowest BCUT2D eigenvalue weighted by Gasteiger charge is -2.58. The van der Waals surface area contributed by atoms with Crippen LogP contribution in [0.4, 0.5) is 0 Å². The van der Waals surface area contributed by atoms with Gasteiger partial charge in [0.05, 0.1) is 0 Å². The molecule has 1 nitrogen and oxygen atoms in total. The summed E-state index contributed by atoms with van der Waals surface area (Å²) in [5, 5.41) is 0. The molecular formula is C19H24BrIO. The van der Waals surface area contributed by atoms with Gasteiger partial charge in [0.25, 0.3) is 0 Å². The highest BCUT2D eigenvalue weighted by atomic mass is 127. The molecule has 0 aromatic heterocycles. The Kier molecular flexibility index (Phi) is 3.73. The molecule has 4 aliphatic carbocycles. The lowest BCUT2D eigenvalue weighted by Crippen LogP contribution is -2.52. The van der Waals surface area contributed by atoms with Gasteiger partial charge in [0.2, 0.25) is 0 Å². The van der Waals surface area contributed by atoms with Crippen molar-refractivity contribution in [2.24, 2.45) is 28.6 Å². The van der Waals surface area contributed by atoms with Crippen LogP contribution in [0.1, 0.15) is 52.4 Å². The SMILES string of the molecule is C[C@]12CCC(=O)C=C1C(Br)C[C@@H]1[C@@H]2CC[C@]2(C)C(I)=CC[C@@H]12. The third-order valence-corrected chi connectivity index (χ3v) is 9.96. The monoisotopic (exact) mass is 474 g/mol. The molecule has 0 spiro atoms. The van der Waals surface area contributed by atoms with Gasteiger partial charge in [-0.3, -0.25) is 4.79 Å². The van der Waals surface area contributed by atoms with Gasteiger partial charge in [0.15, 0.2) is 5.78 Å². The highest BCUT2D eigenvalue weighted by molar-refractivity contribution is 14.1. The first-order valence-electron chi connectivity index (χ1n) is 8.61. The van der Waals surface area contributed by atoms with Crippen molar-refractivity contribution in [3.05, 3.63) is 21.3 Å². The van der Waals surface area contributed by atoms with Gasteiger partial charge in [-0.2, -0.15) is 0 Å². The van der Waals surface area contributed by atoms with Crippen LogP contribution in [0.3, 0.4) is 0 Å². The lowest BCUT2D eigenvalue weighted by molar-refractivity contribution is -0.117. The van der Waals surface area contributed by atoms with Gasteiger partial charge in [0.1, 0.15) is 0 Å². The average Bonchev–Trinajstić information content (AvgIpc) is 2.77. The molecule has 4 aliphatic rings. The van der Waals surface area contributed by atoms with Crippen molar-refractivity contribution in [1.82, 2.24) is 0 Å². The Morgan fingerprint density at radius 2 is 2.00 bits per heavy atom. The van der Waals surface area contributed by atoms with Crippen molar-refractivity contribution in [3.63, 3.8) is 0 Å². The van der Waals surface area contributed by atoms with E-state index in [1.807, 2.05) is 6.08 Å². The molecule has 3 heteroatoms. The van der Waals surface area contributed by atoms with E-state index in [9.17, 15) is 4.79 Å². The molecule has 0 heterocycles. The standard InChI is InChI=1S/C19H24BrIO/c1-18-7-5-11(22)9-15(18)16(20)10-12-13-3-4-17(21)19(13,2)8-6-14(12)18/h4,9,12-14,16H,3,5-8,10H2,1-2H3/t12-,13-,14-,16?,18+,19-/m0/s1. The lowest BCUT2D eigenvalue weighted by atomic mass is 9.47. The van der Waals surface area contributed by atoms with Crippen LogP contribution >= 0.6 is 38.5 Å². The van der Waals surface area contributed by atoms with Crippen LogP contribution in [0.25, 0.3) is 0 Å². The normalized spacial score (nSPS) is 50.6. The van der Waals surface area contributed by atoms with E-state index in [1.165, 1.54) is 31.3 Å². The Morgan fingerprint density at radius 3 is 2.77 bits per heavy atom. The molecule has 0 saturated heterocycles. The van der Waals surface area contributed by atoms with Crippen molar-refractivity contribution in [2.75, 3.05) is 0 Å². The molecule has 4 rings (SSSR count). The Bertz CT molecular complexity index is 594. The van der Waals surface area contributed by atoms with Gasteiger partial charge < -0.3 is 0 Å². The molecule has 6 atom stereocenters. The van der Waals surface area contributed by atoms with E-state index in [0.29, 0.717) is 16.0 Å². The predicted molar refractivity (Wildman–Crippen MR) is 102 cm³/mol. The van der Waals surface area contributed by atoms with E-state index in [4.69, 9.17) is 0 Å².